The number of aliphatic imine (C=N–C) groups is 1. The van der Waals surface area contributed by atoms with Gasteiger partial charge in [0.25, 0.3) is 0 Å². The van der Waals surface area contributed by atoms with E-state index in [1.165, 1.54) is 0 Å². The molecule has 3 atom stereocenters. The monoisotopic (exact) mass is 389 g/mol. The fourth-order valence-electron chi connectivity index (χ4n) is 3.19. The van der Waals surface area contributed by atoms with E-state index in [0.29, 0.717) is 9.72 Å². The first-order chi connectivity index (χ1) is 11.1. The van der Waals surface area contributed by atoms with E-state index in [2.05, 4.69) is 32.7 Å². The van der Waals surface area contributed by atoms with Crippen molar-refractivity contribution in [1.29, 1.82) is 0 Å². The Labute approximate surface area is 147 Å². The molecule has 0 aliphatic carbocycles. The van der Waals surface area contributed by atoms with Gasteiger partial charge in [-0.1, -0.05) is 30.8 Å². The molecule has 0 spiro atoms. The normalized spacial score (nSPS) is 26.3. The minimum absolute atomic E-state index is 0.0114. The highest BCUT2D eigenvalue weighted by Crippen LogP contribution is 2.48. The number of phenols is 1. The lowest BCUT2D eigenvalue weighted by Gasteiger charge is -2.27. The third-order valence-electron chi connectivity index (χ3n) is 4.19. The van der Waals surface area contributed by atoms with Crippen molar-refractivity contribution in [2.75, 3.05) is 6.54 Å². The number of amidine groups is 1. The quantitative estimate of drug-likeness (QED) is 0.838. The standard InChI is InChI=1S/C17H16BrN3OS/c1-10-9-21-16(11-5-6-14(22)12(18)8-11)15(20-17(21)23-10)13-4-2-3-7-19-13/h2-8,10,15-16,22H,9H2,1H3/t10-,15+,16+/m1/s1. The summed E-state index contributed by atoms with van der Waals surface area (Å²) in [6.07, 6.45) is 1.82. The first-order valence-corrected chi connectivity index (χ1v) is 9.21. The van der Waals surface area contributed by atoms with Gasteiger partial charge in [0.05, 0.1) is 16.2 Å². The summed E-state index contributed by atoms with van der Waals surface area (Å²) in [4.78, 5) is 11.8. The molecule has 0 radical (unpaired) electrons. The molecule has 0 unspecified atom stereocenters. The number of pyridine rings is 1. The lowest BCUT2D eigenvalue weighted by atomic mass is 9.96. The van der Waals surface area contributed by atoms with Crippen molar-refractivity contribution in [3.8, 4) is 5.75 Å². The molecule has 4 rings (SSSR count). The molecule has 0 amide bonds. The number of aromatic hydroxyl groups is 1. The van der Waals surface area contributed by atoms with Crippen molar-refractivity contribution in [3.63, 3.8) is 0 Å². The molecule has 118 valence electrons. The predicted octanol–water partition coefficient (Wildman–Crippen LogP) is 4.14. The average molecular weight is 390 g/mol. The topological polar surface area (TPSA) is 48.7 Å². The number of rotatable bonds is 2. The van der Waals surface area contributed by atoms with Crippen molar-refractivity contribution >= 4 is 32.9 Å². The molecule has 23 heavy (non-hydrogen) atoms. The second-order valence-corrected chi connectivity index (χ2v) is 8.11. The predicted molar refractivity (Wildman–Crippen MR) is 96.7 cm³/mol. The third-order valence-corrected chi connectivity index (χ3v) is 5.93. The zero-order valence-corrected chi connectivity index (χ0v) is 15.0. The van der Waals surface area contributed by atoms with Gasteiger partial charge in [-0.3, -0.25) is 9.98 Å². The van der Waals surface area contributed by atoms with E-state index in [9.17, 15) is 5.11 Å². The fourth-order valence-corrected chi connectivity index (χ4v) is 4.67. The highest BCUT2D eigenvalue weighted by molar-refractivity contribution is 9.10. The Bertz CT molecular complexity index is 768. The zero-order valence-electron chi connectivity index (χ0n) is 12.6. The lowest BCUT2D eigenvalue weighted by Crippen LogP contribution is -2.28. The number of halogens is 1. The van der Waals surface area contributed by atoms with Crippen molar-refractivity contribution in [3.05, 3.63) is 58.3 Å². The second-order valence-electron chi connectivity index (χ2n) is 5.85. The van der Waals surface area contributed by atoms with E-state index in [4.69, 9.17) is 4.99 Å². The maximum absolute atomic E-state index is 9.79. The van der Waals surface area contributed by atoms with Crippen LogP contribution >= 0.6 is 27.7 Å². The van der Waals surface area contributed by atoms with Crippen LogP contribution in [-0.4, -0.2) is 32.0 Å². The van der Waals surface area contributed by atoms with E-state index >= 15 is 0 Å². The van der Waals surface area contributed by atoms with E-state index in [1.807, 2.05) is 48.3 Å². The van der Waals surface area contributed by atoms with Crippen molar-refractivity contribution < 1.29 is 5.11 Å². The van der Waals surface area contributed by atoms with Crippen LogP contribution in [0.1, 0.15) is 30.3 Å². The number of nitrogens with zero attached hydrogens (tertiary/aromatic N) is 3. The van der Waals surface area contributed by atoms with Gasteiger partial charge in [0.2, 0.25) is 0 Å². The highest BCUT2D eigenvalue weighted by atomic mass is 79.9. The molecule has 1 fully saturated rings. The van der Waals surface area contributed by atoms with Crippen LogP contribution in [0, 0.1) is 0 Å². The maximum atomic E-state index is 9.79. The number of hydrogen-bond donors (Lipinski definition) is 1. The van der Waals surface area contributed by atoms with Gasteiger partial charge in [-0.25, -0.2) is 0 Å². The summed E-state index contributed by atoms with van der Waals surface area (Å²) in [7, 11) is 0. The maximum Gasteiger partial charge on any atom is 0.160 e. The van der Waals surface area contributed by atoms with Crippen LogP contribution in [-0.2, 0) is 0 Å². The van der Waals surface area contributed by atoms with E-state index in [-0.39, 0.29) is 17.8 Å². The van der Waals surface area contributed by atoms with Gasteiger partial charge in [-0.05, 0) is 45.8 Å². The van der Waals surface area contributed by atoms with Crippen molar-refractivity contribution in [2.45, 2.75) is 24.3 Å². The van der Waals surface area contributed by atoms with E-state index in [1.54, 1.807) is 6.07 Å². The molecule has 1 aromatic carbocycles. The fraction of sp³-hybridized carbons (Fsp3) is 0.294. The molecule has 1 N–H and O–H groups in total. The second kappa shape index (κ2) is 5.83. The minimum Gasteiger partial charge on any atom is -0.507 e. The summed E-state index contributed by atoms with van der Waals surface area (Å²) in [5, 5.41) is 11.4. The Morgan fingerprint density at radius 3 is 2.91 bits per heavy atom. The smallest absolute Gasteiger partial charge is 0.160 e. The molecule has 0 bridgehead atoms. The molecule has 2 aromatic rings. The Kier molecular flexibility index (Phi) is 3.81. The molecule has 3 heterocycles. The SMILES string of the molecule is C[C@@H]1CN2C(=N[C@@H](c3ccccn3)[C@@H]2c2ccc(O)c(Br)c2)S1. The summed E-state index contributed by atoms with van der Waals surface area (Å²) in [6.45, 7) is 3.21. The minimum atomic E-state index is -0.0114. The third kappa shape index (κ3) is 2.64. The summed E-state index contributed by atoms with van der Waals surface area (Å²) in [6, 6.07) is 11.8. The van der Waals surface area contributed by atoms with E-state index in [0.717, 1.165) is 23.0 Å². The molecule has 2 aliphatic heterocycles. The van der Waals surface area contributed by atoms with Crippen LogP contribution in [0.25, 0.3) is 0 Å². The number of thioether (sulfide) groups is 1. The summed E-state index contributed by atoms with van der Waals surface area (Å²) in [5.74, 6) is 0.256. The highest BCUT2D eigenvalue weighted by Gasteiger charge is 2.43. The van der Waals surface area contributed by atoms with Gasteiger partial charge in [-0.15, -0.1) is 0 Å². The van der Waals surface area contributed by atoms with Crippen LogP contribution in [0.2, 0.25) is 0 Å². The summed E-state index contributed by atoms with van der Waals surface area (Å²) in [5.41, 5.74) is 2.12. The molecular formula is C17H16BrN3OS. The zero-order chi connectivity index (χ0) is 16.0. The van der Waals surface area contributed by atoms with E-state index < -0.39 is 0 Å². The van der Waals surface area contributed by atoms with Crippen molar-refractivity contribution in [2.24, 2.45) is 4.99 Å². The van der Waals surface area contributed by atoms with Crippen LogP contribution in [0.5, 0.6) is 5.75 Å². The molecule has 1 saturated heterocycles. The number of phenolic OH excluding ortho intramolecular Hbond substituents is 1. The summed E-state index contributed by atoms with van der Waals surface area (Å²) < 4.78 is 0.711. The van der Waals surface area contributed by atoms with Gasteiger partial charge in [0.15, 0.2) is 5.17 Å². The molecule has 6 heteroatoms. The Balaban J connectivity index is 1.79. The van der Waals surface area contributed by atoms with Gasteiger partial charge in [0.1, 0.15) is 11.8 Å². The Hall–Kier alpha value is -1.53. The first kappa shape index (κ1) is 15.0. The van der Waals surface area contributed by atoms with Crippen molar-refractivity contribution in [1.82, 2.24) is 9.88 Å². The Morgan fingerprint density at radius 2 is 2.17 bits per heavy atom. The largest absolute Gasteiger partial charge is 0.507 e. The van der Waals surface area contributed by atoms with Crippen LogP contribution in [0.3, 0.4) is 0 Å². The van der Waals surface area contributed by atoms with Crippen LogP contribution in [0.15, 0.2) is 52.1 Å². The average Bonchev–Trinajstić information content (AvgIpc) is 3.07. The summed E-state index contributed by atoms with van der Waals surface area (Å²) >= 11 is 5.25. The molecule has 1 aromatic heterocycles. The molecular weight excluding hydrogens is 374 g/mol. The van der Waals surface area contributed by atoms with Crippen LogP contribution < -0.4 is 0 Å². The first-order valence-electron chi connectivity index (χ1n) is 7.54. The molecule has 4 nitrogen and oxygen atoms in total. The van der Waals surface area contributed by atoms with Gasteiger partial charge in [-0.2, -0.15) is 0 Å². The number of aromatic nitrogens is 1. The van der Waals surface area contributed by atoms with Crippen LogP contribution in [0.4, 0.5) is 0 Å². The van der Waals surface area contributed by atoms with Gasteiger partial charge < -0.3 is 10.0 Å². The number of fused-ring (bicyclic) bond motifs is 1. The lowest BCUT2D eigenvalue weighted by molar-refractivity contribution is 0.321. The molecule has 2 aliphatic rings. The number of hydrogen-bond acceptors (Lipinski definition) is 5. The number of benzene rings is 1. The van der Waals surface area contributed by atoms with Gasteiger partial charge >= 0.3 is 0 Å². The Morgan fingerprint density at radius 1 is 1.30 bits per heavy atom. The van der Waals surface area contributed by atoms with Gasteiger partial charge in [0, 0.05) is 18.0 Å². The molecule has 0 saturated carbocycles.